The average molecular weight is 377 g/mol. The predicted molar refractivity (Wildman–Crippen MR) is 105 cm³/mol. The van der Waals surface area contributed by atoms with E-state index in [4.69, 9.17) is 9.72 Å². The van der Waals surface area contributed by atoms with Gasteiger partial charge in [-0.1, -0.05) is 0 Å². The number of carbonyl (C=O) groups is 1. The molecule has 2 fully saturated rings. The molecule has 1 N–H and O–H groups in total. The van der Waals surface area contributed by atoms with E-state index >= 15 is 0 Å². The molecule has 0 unspecified atom stereocenters. The highest BCUT2D eigenvalue weighted by Gasteiger charge is 2.35. The standard InChI is InChI=1S/C19H31N5O3/c1-19(2,17(25)26)15-12-20-18(21-16(15)24-8-10-27-11-9-24)23(4)13-14-6-5-7-22(14)3/h12,14H,5-11,13H2,1-4H3,(H,25,26)/t14-/m1/s1. The van der Waals surface area contributed by atoms with E-state index in [9.17, 15) is 9.90 Å². The SMILES string of the molecule is CN(C[C@H]1CCCN1C)c1ncc(C(C)(C)C(=O)O)c(N2CCOCC2)n1. The summed E-state index contributed by atoms with van der Waals surface area (Å²) in [5, 5.41) is 9.70. The zero-order valence-corrected chi connectivity index (χ0v) is 16.8. The molecule has 27 heavy (non-hydrogen) atoms. The number of likely N-dealkylation sites (N-methyl/N-ethyl adjacent to an activating group) is 2. The molecule has 2 aliphatic rings. The molecule has 2 aliphatic heterocycles. The van der Waals surface area contributed by atoms with Crippen LogP contribution in [0.15, 0.2) is 6.20 Å². The summed E-state index contributed by atoms with van der Waals surface area (Å²) in [7, 11) is 4.16. The van der Waals surface area contributed by atoms with Crippen LogP contribution in [-0.4, -0.2) is 85.5 Å². The van der Waals surface area contributed by atoms with E-state index in [1.807, 2.05) is 7.05 Å². The highest BCUT2D eigenvalue weighted by molar-refractivity contribution is 5.82. The predicted octanol–water partition coefficient (Wildman–Crippen LogP) is 1.21. The minimum absolute atomic E-state index is 0.501. The maximum absolute atomic E-state index is 11.8. The van der Waals surface area contributed by atoms with Crippen LogP contribution in [0.3, 0.4) is 0 Å². The first-order valence-electron chi connectivity index (χ1n) is 9.65. The number of aromatic nitrogens is 2. The van der Waals surface area contributed by atoms with Crippen LogP contribution in [0, 0.1) is 0 Å². The van der Waals surface area contributed by atoms with E-state index in [-0.39, 0.29) is 0 Å². The summed E-state index contributed by atoms with van der Waals surface area (Å²) >= 11 is 0. The number of hydrogen-bond acceptors (Lipinski definition) is 7. The maximum atomic E-state index is 11.8. The summed E-state index contributed by atoms with van der Waals surface area (Å²) in [5.41, 5.74) is -0.414. The Morgan fingerprint density at radius 3 is 2.67 bits per heavy atom. The number of hydrogen-bond donors (Lipinski definition) is 1. The Bertz CT molecular complexity index is 675. The first kappa shape index (κ1) is 19.8. The third-order valence-corrected chi connectivity index (χ3v) is 5.77. The zero-order chi connectivity index (χ0) is 19.6. The van der Waals surface area contributed by atoms with Gasteiger partial charge in [0.2, 0.25) is 5.95 Å². The lowest BCUT2D eigenvalue weighted by Gasteiger charge is -2.33. The van der Waals surface area contributed by atoms with Gasteiger partial charge in [-0.15, -0.1) is 0 Å². The van der Waals surface area contributed by atoms with Gasteiger partial charge in [0.15, 0.2) is 0 Å². The second-order valence-electron chi connectivity index (χ2n) is 8.09. The van der Waals surface area contributed by atoms with Crippen LogP contribution in [-0.2, 0) is 14.9 Å². The number of carboxylic acids is 1. The molecular weight excluding hydrogens is 346 g/mol. The van der Waals surface area contributed by atoms with Gasteiger partial charge in [0.05, 0.1) is 18.6 Å². The van der Waals surface area contributed by atoms with Crippen molar-refractivity contribution < 1.29 is 14.6 Å². The summed E-state index contributed by atoms with van der Waals surface area (Å²) in [4.78, 5) is 27.7. The fourth-order valence-electron chi connectivity index (χ4n) is 3.73. The third-order valence-electron chi connectivity index (χ3n) is 5.77. The summed E-state index contributed by atoms with van der Waals surface area (Å²) in [6.07, 6.45) is 4.10. The molecule has 1 aromatic heterocycles. The Morgan fingerprint density at radius 2 is 2.07 bits per heavy atom. The summed E-state index contributed by atoms with van der Waals surface area (Å²) in [5.74, 6) is 0.471. The number of anilines is 2. The minimum atomic E-state index is -1.06. The van der Waals surface area contributed by atoms with Crippen LogP contribution >= 0.6 is 0 Å². The Morgan fingerprint density at radius 1 is 1.37 bits per heavy atom. The van der Waals surface area contributed by atoms with Gasteiger partial charge in [-0.3, -0.25) is 4.79 Å². The van der Waals surface area contributed by atoms with Crippen molar-refractivity contribution in [1.29, 1.82) is 0 Å². The summed E-state index contributed by atoms with van der Waals surface area (Å²) in [6.45, 7) is 8.04. The molecule has 0 amide bonds. The molecular formula is C19H31N5O3. The van der Waals surface area contributed by atoms with Crippen molar-refractivity contribution in [2.45, 2.75) is 38.1 Å². The molecule has 0 aromatic carbocycles. The topological polar surface area (TPSA) is 82.0 Å². The molecule has 2 saturated heterocycles. The van der Waals surface area contributed by atoms with Crippen LogP contribution in [0.25, 0.3) is 0 Å². The van der Waals surface area contributed by atoms with Crippen LogP contribution in [0.2, 0.25) is 0 Å². The van der Waals surface area contributed by atoms with Crippen molar-refractivity contribution in [1.82, 2.24) is 14.9 Å². The van der Waals surface area contributed by atoms with Gasteiger partial charge in [0.1, 0.15) is 5.82 Å². The first-order valence-corrected chi connectivity index (χ1v) is 9.65. The normalized spacial score (nSPS) is 21.5. The quantitative estimate of drug-likeness (QED) is 0.792. The van der Waals surface area contributed by atoms with Crippen molar-refractivity contribution in [3.05, 3.63) is 11.8 Å². The molecule has 0 radical (unpaired) electrons. The Labute approximate surface area is 161 Å². The van der Waals surface area contributed by atoms with E-state index in [1.54, 1.807) is 20.0 Å². The van der Waals surface area contributed by atoms with E-state index in [0.717, 1.165) is 13.1 Å². The highest BCUT2D eigenvalue weighted by Crippen LogP contribution is 2.32. The number of ether oxygens (including phenoxy) is 1. The number of likely N-dealkylation sites (tertiary alicyclic amines) is 1. The van der Waals surface area contributed by atoms with Gasteiger partial charge in [0.25, 0.3) is 0 Å². The minimum Gasteiger partial charge on any atom is -0.481 e. The monoisotopic (exact) mass is 377 g/mol. The van der Waals surface area contributed by atoms with Crippen molar-refractivity contribution in [2.24, 2.45) is 0 Å². The average Bonchev–Trinajstić information content (AvgIpc) is 3.06. The molecule has 0 spiro atoms. The van der Waals surface area contributed by atoms with Gasteiger partial charge < -0.3 is 24.5 Å². The lowest BCUT2D eigenvalue weighted by atomic mass is 9.85. The summed E-state index contributed by atoms with van der Waals surface area (Å²) in [6, 6.07) is 0.501. The highest BCUT2D eigenvalue weighted by atomic mass is 16.5. The van der Waals surface area contributed by atoms with Crippen LogP contribution < -0.4 is 9.80 Å². The Hall–Kier alpha value is -1.93. The number of carboxylic acid groups (broad SMARTS) is 1. The van der Waals surface area contributed by atoms with Crippen molar-refractivity contribution >= 4 is 17.7 Å². The van der Waals surface area contributed by atoms with Gasteiger partial charge in [0, 0.05) is 44.5 Å². The molecule has 1 aromatic rings. The summed E-state index contributed by atoms with van der Waals surface area (Å²) < 4.78 is 5.45. The maximum Gasteiger partial charge on any atom is 0.313 e. The lowest BCUT2D eigenvalue weighted by Crippen LogP contribution is -2.41. The molecule has 0 aliphatic carbocycles. The van der Waals surface area contributed by atoms with Crippen LogP contribution in [0.5, 0.6) is 0 Å². The molecule has 3 heterocycles. The van der Waals surface area contributed by atoms with Gasteiger partial charge in [-0.2, -0.15) is 4.98 Å². The van der Waals surface area contributed by atoms with Crippen LogP contribution in [0.4, 0.5) is 11.8 Å². The molecule has 8 heteroatoms. The fraction of sp³-hybridized carbons (Fsp3) is 0.737. The third kappa shape index (κ3) is 4.16. The first-order chi connectivity index (χ1) is 12.8. The van der Waals surface area contributed by atoms with Gasteiger partial charge in [-0.25, -0.2) is 4.98 Å². The van der Waals surface area contributed by atoms with E-state index in [2.05, 4.69) is 26.7 Å². The van der Waals surface area contributed by atoms with Crippen molar-refractivity contribution in [3.63, 3.8) is 0 Å². The zero-order valence-electron chi connectivity index (χ0n) is 16.8. The number of rotatable bonds is 6. The fourth-order valence-corrected chi connectivity index (χ4v) is 3.73. The molecule has 150 valence electrons. The molecule has 0 bridgehead atoms. The molecule has 8 nitrogen and oxygen atoms in total. The lowest BCUT2D eigenvalue weighted by molar-refractivity contribution is -0.142. The number of morpholine rings is 1. The number of aliphatic carboxylic acids is 1. The Kier molecular flexibility index (Phi) is 5.86. The van der Waals surface area contributed by atoms with Gasteiger partial charge >= 0.3 is 5.97 Å². The van der Waals surface area contributed by atoms with E-state index < -0.39 is 11.4 Å². The molecule has 1 atom stereocenters. The van der Waals surface area contributed by atoms with Crippen molar-refractivity contribution in [2.75, 3.05) is 63.3 Å². The smallest absolute Gasteiger partial charge is 0.313 e. The van der Waals surface area contributed by atoms with Crippen LogP contribution in [0.1, 0.15) is 32.3 Å². The number of nitrogens with zero attached hydrogens (tertiary/aromatic N) is 5. The van der Waals surface area contributed by atoms with E-state index in [1.165, 1.54) is 12.8 Å². The second kappa shape index (κ2) is 7.98. The second-order valence-corrected chi connectivity index (χ2v) is 8.09. The molecule has 3 rings (SSSR count). The van der Waals surface area contributed by atoms with E-state index in [0.29, 0.717) is 49.7 Å². The Balaban J connectivity index is 1.91. The molecule has 0 saturated carbocycles. The largest absolute Gasteiger partial charge is 0.481 e. The van der Waals surface area contributed by atoms with Gasteiger partial charge in [-0.05, 0) is 40.3 Å². The van der Waals surface area contributed by atoms with Crippen molar-refractivity contribution in [3.8, 4) is 0 Å².